The number of Topliss-reactive ketones (excluding diaryl/α,β-unsaturated/α-hetero) is 1. The first-order valence-electron chi connectivity index (χ1n) is 9.53. The Kier molecular flexibility index (Phi) is 6.29. The van der Waals surface area contributed by atoms with Crippen molar-refractivity contribution in [3.05, 3.63) is 92.4 Å². The van der Waals surface area contributed by atoms with Crippen LogP contribution >= 0.6 is 0 Å². The summed E-state index contributed by atoms with van der Waals surface area (Å²) in [5, 5.41) is 3.90. The van der Waals surface area contributed by atoms with E-state index in [4.69, 9.17) is 4.74 Å². The van der Waals surface area contributed by atoms with E-state index in [2.05, 4.69) is 5.10 Å². The Labute approximate surface area is 181 Å². The van der Waals surface area contributed by atoms with Crippen LogP contribution in [0.2, 0.25) is 0 Å². The molecule has 3 aromatic rings. The van der Waals surface area contributed by atoms with Gasteiger partial charge < -0.3 is 4.74 Å². The standard InChI is InChI=1S/C23H19F3N2O4/c1-13-7-8-14(2)18(9-13)20(30)12-32-22(31)21-19(29)10-15(3)28(27-21)17-6-4-5-16(11-17)23(24,25)26/h4-11H,12H2,1-3H3. The highest BCUT2D eigenvalue weighted by atomic mass is 19.4. The van der Waals surface area contributed by atoms with Crippen molar-refractivity contribution in [1.29, 1.82) is 0 Å². The zero-order valence-corrected chi connectivity index (χ0v) is 17.5. The number of hydrogen-bond acceptors (Lipinski definition) is 5. The van der Waals surface area contributed by atoms with Gasteiger partial charge in [-0.05, 0) is 50.6 Å². The molecule has 1 heterocycles. The first kappa shape index (κ1) is 22.9. The number of benzene rings is 2. The van der Waals surface area contributed by atoms with Gasteiger partial charge in [-0.15, -0.1) is 0 Å². The number of aryl methyl sites for hydroxylation is 3. The lowest BCUT2D eigenvalue weighted by molar-refractivity contribution is -0.137. The third-order valence-corrected chi connectivity index (χ3v) is 4.75. The van der Waals surface area contributed by atoms with Crippen molar-refractivity contribution in [3.8, 4) is 5.69 Å². The van der Waals surface area contributed by atoms with Crippen LogP contribution in [0.3, 0.4) is 0 Å². The van der Waals surface area contributed by atoms with E-state index in [1.807, 2.05) is 13.0 Å². The van der Waals surface area contributed by atoms with Crippen LogP contribution in [0.1, 0.15) is 43.2 Å². The monoisotopic (exact) mass is 444 g/mol. The van der Waals surface area contributed by atoms with Crippen LogP contribution in [0.15, 0.2) is 53.3 Å². The van der Waals surface area contributed by atoms with E-state index < -0.39 is 41.2 Å². The number of nitrogens with zero attached hydrogens (tertiary/aromatic N) is 2. The maximum absolute atomic E-state index is 13.0. The van der Waals surface area contributed by atoms with Gasteiger partial charge in [0.2, 0.25) is 16.9 Å². The number of alkyl halides is 3. The third-order valence-electron chi connectivity index (χ3n) is 4.75. The van der Waals surface area contributed by atoms with E-state index in [-0.39, 0.29) is 11.4 Å². The van der Waals surface area contributed by atoms with Crippen molar-refractivity contribution in [2.45, 2.75) is 26.9 Å². The molecular formula is C23H19F3N2O4. The Bertz CT molecular complexity index is 1260. The molecule has 9 heteroatoms. The second kappa shape index (κ2) is 8.78. The molecule has 32 heavy (non-hydrogen) atoms. The molecule has 0 aliphatic heterocycles. The minimum Gasteiger partial charge on any atom is -0.452 e. The van der Waals surface area contributed by atoms with Gasteiger partial charge in [-0.25, -0.2) is 9.48 Å². The maximum Gasteiger partial charge on any atom is 0.416 e. The molecule has 166 valence electrons. The Morgan fingerprint density at radius 3 is 2.44 bits per heavy atom. The predicted molar refractivity (Wildman–Crippen MR) is 110 cm³/mol. The van der Waals surface area contributed by atoms with Gasteiger partial charge in [-0.1, -0.05) is 23.8 Å². The number of halogens is 3. The molecule has 3 rings (SSSR count). The SMILES string of the molecule is Cc1ccc(C)c(C(=O)COC(=O)c2nn(-c3cccc(C(F)(F)F)c3)c(C)cc2=O)c1. The molecule has 0 aliphatic rings. The van der Waals surface area contributed by atoms with Crippen molar-refractivity contribution in [2.24, 2.45) is 0 Å². The van der Waals surface area contributed by atoms with E-state index >= 15 is 0 Å². The van der Waals surface area contributed by atoms with Gasteiger partial charge in [0.1, 0.15) is 0 Å². The Morgan fingerprint density at radius 2 is 1.75 bits per heavy atom. The molecule has 0 spiro atoms. The summed E-state index contributed by atoms with van der Waals surface area (Å²) in [6, 6.07) is 10.6. The maximum atomic E-state index is 13.0. The van der Waals surface area contributed by atoms with E-state index in [1.165, 1.54) is 19.1 Å². The molecule has 0 bridgehead atoms. The quantitative estimate of drug-likeness (QED) is 0.435. The lowest BCUT2D eigenvalue weighted by atomic mass is 10.0. The number of rotatable bonds is 5. The molecule has 0 saturated heterocycles. The zero-order valence-electron chi connectivity index (χ0n) is 17.5. The number of hydrogen-bond donors (Lipinski definition) is 0. The molecule has 0 radical (unpaired) electrons. The number of ketones is 1. The molecule has 0 unspecified atom stereocenters. The highest BCUT2D eigenvalue weighted by Crippen LogP contribution is 2.30. The fourth-order valence-electron chi connectivity index (χ4n) is 3.08. The van der Waals surface area contributed by atoms with Crippen LogP contribution in [0.4, 0.5) is 13.2 Å². The summed E-state index contributed by atoms with van der Waals surface area (Å²) in [6.07, 6.45) is -4.57. The van der Waals surface area contributed by atoms with Crippen molar-refractivity contribution >= 4 is 11.8 Å². The van der Waals surface area contributed by atoms with Crippen molar-refractivity contribution < 1.29 is 27.5 Å². The number of carbonyl (C=O) groups is 2. The molecule has 0 fully saturated rings. The third kappa shape index (κ3) is 4.93. The second-order valence-corrected chi connectivity index (χ2v) is 7.28. The van der Waals surface area contributed by atoms with Crippen molar-refractivity contribution in [2.75, 3.05) is 6.61 Å². The molecule has 2 aromatic carbocycles. The first-order valence-corrected chi connectivity index (χ1v) is 9.53. The minimum absolute atomic E-state index is 0.0119. The van der Waals surface area contributed by atoms with Crippen LogP contribution < -0.4 is 5.43 Å². The molecule has 0 N–H and O–H groups in total. The summed E-state index contributed by atoms with van der Waals surface area (Å²) in [7, 11) is 0. The van der Waals surface area contributed by atoms with Gasteiger partial charge in [0.15, 0.2) is 6.61 Å². The average Bonchev–Trinajstić information content (AvgIpc) is 2.73. The van der Waals surface area contributed by atoms with Crippen LogP contribution in [-0.2, 0) is 10.9 Å². The second-order valence-electron chi connectivity index (χ2n) is 7.28. The zero-order chi connectivity index (χ0) is 23.6. The van der Waals surface area contributed by atoms with Gasteiger partial charge in [-0.2, -0.15) is 18.3 Å². The van der Waals surface area contributed by atoms with E-state index in [0.717, 1.165) is 28.4 Å². The normalized spacial score (nSPS) is 11.3. The Hall–Kier alpha value is -3.75. The lowest BCUT2D eigenvalue weighted by Gasteiger charge is -2.13. The van der Waals surface area contributed by atoms with Crippen LogP contribution in [0.25, 0.3) is 5.69 Å². The topological polar surface area (TPSA) is 78.3 Å². The molecular weight excluding hydrogens is 425 g/mol. The summed E-state index contributed by atoms with van der Waals surface area (Å²) in [5.74, 6) is -1.60. The first-order chi connectivity index (χ1) is 15.0. The molecule has 1 aromatic heterocycles. The lowest BCUT2D eigenvalue weighted by Crippen LogP contribution is -2.26. The van der Waals surface area contributed by atoms with E-state index in [1.54, 1.807) is 19.1 Å². The van der Waals surface area contributed by atoms with Crippen LogP contribution in [-0.4, -0.2) is 28.1 Å². The van der Waals surface area contributed by atoms with Crippen molar-refractivity contribution in [3.63, 3.8) is 0 Å². The Balaban J connectivity index is 1.87. The van der Waals surface area contributed by atoms with Crippen LogP contribution in [0.5, 0.6) is 0 Å². The van der Waals surface area contributed by atoms with E-state index in [9.17, 15) is 27.6 Å². The average molecular weight is 444 g/mol. The van der Waals surface area contributed by atoms with Gasteiger partial charge in [0.25, 0.3) is 0 Å². The summed E-state index contributed by atoms with van der Waals surface area (Å²) >= 11 is 0. The number of esters is 1. The summed E-state index contributed by atoms with van der Waals surface area (Å²) < 4.78 is 45.1. The minimum atomic E-state index is -4.57. The van der Waals surface area contributed by atoms with Gasteiger partial charge in [-0.3, -0.25) is 9.59 Å². The predicted octanol–water partition coefficient (Wildman–Crippen LogP) is 4.22. The molecule has 0 amide bonds. The largest absolute Gasteiger partial charge is 0.452 e. The summed E-state index contributed by atoms with van der Waals surface area (Å²) in [6.45, 7) is 4.41. The van der Waals surface area contributed by atoms with Crippen LogP contribution in [0, 0.1) is 20.8 Å². The number of ether oxygens (including phenoxy) is 1. The number of aromatic nitrogens is 2. The molecule has 0 saturated carbocycles. The van der Waals surface area contributed by atoms with Crippen molar-refractivity contribution in [1.82, 2.24) is 9.78 Å². The van der Waals surface area contributed by atoms with Gasteiger partial charge in [0, 0.05) is 17.3 Å². The smallest absolute Gasteiger partial charge is 0.416 e. The highest BCUT2D eigenvalue weighted by Gasteiger charge is 2.30. The molecule has 6 nitrogen and oxygen atoms in total. The number of carbonyl (C=O) groups excluding carboxylic acids is 2. The summed E-state index contributed by atoms with van der Waals surface area (Å²) in [4.78, 5) is 37.1. The Morgan fingerprint density at radius 1 is 1.03 bits per heavy atom. The van der Waals surface area contributed by atoms with E-state index in [0.29, 0.717) is 11.1 Å². The van der Waals surface area contributed by atoms with Gasteiger partial charge in [0.05, 0.1) is 11.3 Å². The summed E-state index contributed by atoms with van der Waals surface area (Å²) in [5.41, 5.74) is -0.132. The molecule has 0 atom stereocenters. The fourth-order valence-corrected chi connectivity index (χ4v) is 3.08. The van der Waals surface area contributed by atoms with Gasteiger partial charge >= 0.3 is 12.1 Å². The molecule has 0 aliphatic carbocycles. The fraction of sp³-hybridized carbons (Fsp3) is 0.217. The highest BCUT2D eigenvalue weighted by molar-refractivity contribution is 6.00.